The Bertz CT molecular complexity index is 593. The molecule has 3 fully saturated rings. The Morgan fingerprint density at radius 3 is 1.88 bits per heavy atom. The van der Waals surface area contributed by atoms with E-state index in [9.17, 15) is 8.78 Å². The van der Waals surface area contributed by atoms with Gasteiger partial charge in [-0.1, -0.05) is 0 Å². The van der Waals surface area contributed by atoms with Gasteiger partial charge in [0.25, 0.3) is 0 Å². The molecule has 0 bridgehead atoms. The lowest BCUT2D eigenvalue weighted by Gasteiger charge is -2.45. The van der Waals surface area contributed by atoms with Crippen molar-refractivity contribution in [1.29, 1.82) is 0 Å². The Kier molecular flexibility index (Phi) is 5.72. The van der Waals surface area contributed by atoms with Crippen molar-refractivity contribution in [3.8, 4) is 0 Å². The molecule has 144 valence electrons. The summed E-state index contributed by atoms with van der Waals surface area (Å²) in [6.07, 6.45) is 4.53. The van der Waals surface area contributed by atoms with Gasteiger partial charge < -0.3 is 9.64 Å². The lowest BCUT2D eigenvalue weighted by molar-refractivity contribution is 0.00422. The molecule has 0 N–H and O–H groups in total. The van der Waals surface area contributed by atoms with Crippen molar-refractivity contribution in [2.45, 2.75) is 37.8 Å². The van der Waals surface area contributed by atoms with Gasteiger partial charge in [-0.05, 0) is 37.8 Å². The van der Waals surface area contributed by atoms with Crippen molar-refractivity contribution in [2.75, 3.05) is 57.4 Å². The molecule has 26 heavy (non-hydrogen) atoms. The third kappa shape index (κ3) is 4.02. The number of hydrogen-bond donors (Lipinski definition) is 0. The van der Waals surface area contributed by atoms with Crippen molar-refractivity contribution >= 4 is 5.69 Å². The van der Waals surface area contributed by atoms with Crippen LogP contribution < -0.4 is 4.90 Å². The van der Waals surface area contributed by atoms with Gasteiger partial charge >= 0.3 is 0 Å². The second-order valence-corrected chi connectivity index (χ2v) is 7.73. The molecule has 1 aromatic rings. The highest BCUT2D eigenvalue weighted by Crippen LogP contribution is 2.25. The number of piperidine rings is 1. The van der Waals surface area contributed by atoms with Crippen LogP contribution in [0.5, 0.6) is 0 Å². The minimum atomic E-state index is -0.772. The van der Waals surface area contributed by atoms with Crippen LogP contribution >= 0.6 is 0 Å². The fraction of sp³-hybridized carbons (Fsp3) is 0.700. The Balaban J connectivity index is 1.25. The number of ether oxygens (including phenoxy) is 1. The molecule has 3 saturated heterocycles. The normalized spacial score (nSPS) is 24.9. The Morgan fingerprint density at radius 1 is 0.731 bits per heavy atom. The third-order valence-corrected chi connectivity index (χ3v) is 6.31. The van der Waals surface area contributed by atoms with E-state index in [1.165, 1.54) is 25.0 Å². The predicted octanol–water partition coefficient (Wildman–Crippen LogP) is 2.73. The van der Waals surface area contributed by atoms with Gasteiger partial charge in [0.05, 0.1) is 0 Å². The summed E-state index contributed by atoms with van der Waals surface area (Å²) in [6, 6.07) is 5.56. The van der Waals surface area contributed by atoms with E-state index < -0.39 is 11.6 Å². The predicted molar refractivity (Wildman–Crippen MR) is 98.6 cm³/mol. The van der Waals surface area contributed by atoms with Crippen LogP contribution in [0.4, 0.5) is 14.5 Å². The summed E-state index contributed by atoms with van der Waals surface area (Å²) in [7, 11) is 0. The second kappa shape index (κ2) is 8.19. The maximum Gasteiger partial charge on any atom is 0.160 e. The Morgan fingerprint density at radius 2 is 1.31 bits per heavy atom. The summed E-state index contributed by atoms with van der Waals surface area (Å²) in [5.41, 5.74) is 0.798. The van der Waals surface area contributed by atoms with Crippen LogP contribution in [-0.4, -0.2) is 74.4 Å². The molecule has 3 aliphatic rings. The smallest absolute Gasteiger partial charge is 0.160 e. The first-order chi connectivity index (χ1) is 12.7. The molecule has 0 amide bonds. The molecular formula is C20H29F2N3O. The molecule has 0 unspecified atom stereocenters. The molecular weight excluding hydrogens is 336 g/mol. The summed E-state index contributed by atoms with van der Waals surface area (Å²) >= 11 is 0. The van der Waals surface area contributed by atoms with E-state index in [-0.39, 0.29) is 0 Å². The van der Waals surface area contributed by atoms with Gasteiger partial charge in [-0.3, -0.25) is 9.80 Å². The molecule has 3 aliphatic heterocycles. The largest absolute Gasteiger partial charge is 0.381 e. The average molecular weight is 365 g/mol. The van der Waals surface area contributed by atoms with Crippen molar-refractivity contribution in [3.05, 3.63) is 29.8 Å². The monoisotopic (exact) mass is 365 g/mol. The lowest BCUT2D eigenvalue weighted by Crippen LogP contribution is -2.55. The van der Waals surface area contributed by atoms with E-state index in [4.69, 9.17) is 4.74 Å². The molecule has 0 aromatic heterocycles. The van der Waals surface area contributed by atoms with Crippen molar-refractivity contribution < 1.29 is 13.5 Å². The van der Waals surface area contributed by atoms with E-state index in [1.54, 1.807) is 6.07 Å². The molecule has 0 atom stereocenters. The zero-order valence-electron chi connectivity index (χ0n) is 15.4. The zero-order valence-corrected chi connectivity index (χ0v) is 15.4. The quantitative estimate of drug-likeness (QED) is 0.820. The lowest BCUT2D eigenvalue weighted by atomic mass is 10.0. The Labute approximate surface area is 154 Å². The average Bonchev–Trinajstić information content (AvgIpc) is 2.71. The first-order valence-electron chi connectivity index (χ1n) is 9.96. The van der Waals surface area contributed by atoms with Gasteiger partial charge in [0.1, 0.15) is 0 Å². The highest BCUT2D eigenvalue weighted by Gasteiger charge is 2.30. The SMILES string of the molecule is Fc1ccc(N2CCC(N3CCN(C4CCOCC4)CC3)CC2)cc1F. The molecule has 0 aliphatic carbocycles. The van der Waals surface area contributed by atoms with Crippen LogP contribution in [0.1, 0.15) is 25.7 Å². The van der Waals surface area contributed by atoms with Gasteiger partial charge in [0.2, 0.25) is 0 Å². The first kappa shape index (κ1) is 18.1. The first-order valence-corrected chi connectivity index (χ1v) is 9.96. The fourth-order valence-corrected chi connectivity index (χ4v) is 4.69. The highest BCUT2D eigenvalue weighted by atomic mass is 19.2. The van der Waals surface area contributed by atoms with Gasteiger partial charge in [0, 0.05) is 76.3 Å². The summed E-state index contributed by atoms with van der Waals surface area (Å²) < 4.78 is 32.1. The molecule has 1 aromatic carbocycles. The number of nitrogens with zero attached hydrogens (tertiary/aromatic N) is 3. The molecule has 0 spiro atoms. The maximum absolute atomic E-state index is 13.5. The Hall–Kier alpha value is -1.24. The minimum Gasteiger partial charge on any atom is -0.381 e. The van der Waals surface area contributed by atoms with E-state index in [0.29, 0.717) is 12.1 Å². The summed E-state index contributed by atoms with van der Waals surface area (Å²) in [4.78, 5) is 7.46. The van der Waals surface area contributed by atoms with E-state index in [2.05, 4.69) is 14.7 Å². The maximum atomic E-state index is 13.5. The minimum absolute atomic E-state index is 0.619. The summed E-state index contributed by atoms with van der Waals surface area (Å²) in [5, 5.41) is 0. The summed E-state index contributed by atoms with van der Waals surface area (Å²) in [5.74, 6) is -1.53. The second-order valence-electron chi connectivity index (χ2n) is 7.73. The number of piperazine rings is 1. The highest BCUT2D eigenvalue weighted by molar-refractivity contribution is 5.47. The number of anilines is 1. The van der Waals surface area contributed by atoms with Crippen molar-refractivity contribution in [2.24, 2.45) is 0 Å². The molecule has 4 rings (SSSR count). The van der Waals surface area contributed by atoms with Crippen LogP contribution in [0.15, 0.2) is 18.2 Å². The van der Waals surface area contributed by atoms with Crippen LogP contribution in [-0.2, 0) is 4.74 Å². The molecule has 6 heteroatoms. The summed E-state index contributed by atoms with van der Waals surface area (Å²) in [6.45, 7) is 8.26. The van der Waals surface area contributed by atoms with Crippen LogP contribution in [0.2, 0.25) is 0 Å². The van der Waals surface area contributed by atoms with Crippen LogP contribution in [0.25, 0.3) is 0 Å². The van der Waals surface area contributed by atoms with Gasteiger partial charge in [-0.2, -0.15) is 0 Å². The molecule has 4 nitrogen and oxygen atoms in total. The zero-order chi connectivity index (χ0) is 17.9. The molecule has 0 radical (unpaired) electrons. The van der Waals surface area contributed by atoms with Crippen molar-refractivity contribution in [1.82, 2.24) is 9.80 Å². The van der Waals surface area contributed by atoms with Gasteiger partial charge in [-0.15, -0.1) is 0 Å². The van der Waals surface area contributed by atoms with E-state index in [1.807, 2.05) is 0 Å². The van der Waals surface area contributed by atoms with Crippen molar-refractivity contribution in [3.63, 3.8) is 0 Å². The van der Waals surface area contributed by atoms with Crippen LogP contribution in [0.3, 0.4) is 0 Å². The molecule has 3 heterocycles. The van der Waals surface area contributed by atoms with E-state index >= 15 is 0 Å². The number of rotatable bonds is 3. The van der Waals surface area contributed by atoms with Gasteiger partial charge in [0.15, 0.2) is 11.6 Å². The standard InChI is InChI=1S/C20H29F2N3O/c21-19-2-1-18(15-20(19)22)23-7-3-16(4-8-23)24-9-11-25(12-10-24)17-5-13-26-14-6-17/h1-2,15-17H,3-14H2. The van der Waals surface area contributed by atoms with Crippen LogP contribution in [0, 0.1) is 11.6 Å². The number of benzene rings is 1. The number of hydrogen-bond acceptors (Lipinski definition) is 4. The number of halogens is 2. The van der Waals surface area contributed by atoms with Gasteiger partial charge in [-0.25, -0.2) is 8.78 Å². The topological polar surface area (TPSA) is 19.0 Å². The van der Waals surface area contributed by atoms with E-state index in [0.717, 1.165) is 71.0 Å². The fourth-order valence-electron chi connectivity index (χ4n) is 4.69. The third-order valence-electron chi connectivity index (χ3n) is 6.31. The molecule has 0 saturated carbocycles.